The summed E-state index contributed by atoms with van der Waals surface area (Å²) in [6, 6.07) is 6.03. The summed E-state index contributed by atoms with van der Waals surface area (Å²) in [5.74, 6) is 1.56. The molecule has 0 heterocycles. The number of aryl methyl sites for hydroxylation is 1. The molecule has 0 amide bonds. The highest BCUT2D eigenvalue weighted by Crippen LogP contribution is 2.32. The average molecular weight is 236 g/mol. The maximum atomic E-state index is 9.48. The lowest BCUT2D eigenvalue weighted by Crippen LogP contribution is -2.14. The van der Waals surface area contributed by atoms with Gasteiger partial charge in [-0.05, 0) is 37.0 Å². The van der Waals surface area contributed by atoms with Crippen molar-refractivity contribution in [3.8, 4) is 11.5 Å². The van der Waals surface area contributed by atoms with Gasteiger partial charge in [-0.15, -0.1) is 0 Å². The molecule has 0 bridgehead atoms. The first-order chi connectivity index (χ1) is 8.22. The van der Waals surface area contributed by atoms with Crippen molar-refractivity contribution in [2.24, 2.45) is 0 Å². The molecule has 2 atom stereocenters. The number of hydrogen-bond acceptors (Lipinski definition) is 3. The van der Waals surface area contributed by atoms with Gasteiger partial charge >= 0.3 is 0 Å². The molecule has 1 aromatic carbocycles. The van der Waals surface area contributed by atoms with Crippen LogP contribution in [0.4, 0.5) is 0 Å². The molecule has 1 aromatic rings. The molecule has 2 unspecified atom stereocenters. The molecule has 0 aliphatic heterocycles. The Bertz CT molecular complexity index is 376. The number of rotatable bonds is 4. The van der Waals surface area contributed by atoms with Crippen LogP contribution in [-0.4, -0.2) is 24.4 Å². The summed E-state index contributed by atoms with van der Waals surface area (Å²) >= 11 is 0. The lowest BCUT2D eigenvalue weighted by molar-refractivity contribution is 0.147. The third kappa shape index (κ3) is 2.91. The van der Waals surface area contributed by atoms with E-state index in [-0.39, 0.29) is 12.2 Å². The number of methoxy groups -OCH3 is 1. The Morgan fingerprint density at radius 3 is 2.71 bits per heavy atom. The third-order valence-electron chi connectivity index (χ3n) is 3.29. The van der Waals surface area contributed by atoms with Crippen molar-refractivity contribution < 1.29 is 14.6 Å². The predicted molar refractivity (Wildman–Crippen MR) is 66.6 cm³/mol. The van der Waals surface area contributed by atoms with Crippen molar-refractivity contribution in [3.05, 3.63) is 23.8 Å². The molecule has 17 heavy (non-hydrogen) atoms. The zero-order valence-corrected chi connectivity index (χ0v) is 10.5. The van der Waals surface area contributed by atoms with E-state index in [1.807, 2.05) is 12.1 Å². The van der Waals surface area contributed by atoms with Gasteiger partial charge in [-0.1, -0.05) is 13.0 Å². The number of aliphatic hydroxyl groups is 1. The molecule has 1 aliphatic carbocycles. The van der Waals surface area contributed by atoms with E-state index in [9.17, 15) is 5.11 Å². The Morgan fingerprint density at radius 1 is 1.29 bits per heavy atom. The summed E-state index contributed by atoms with van der Waals surface area (Å²) in [6.45, 7) is 2.11. The van der Waals surface area contributed by atoms with Gasteiger partial charge in [0.15, 0.2) is 11.5 Å². The summed E-state index contributed by atoms with van der Waals surface area (Å²) in [7, 11) is 1.66. The average Bonchev–Trinajstić information content (AvgIpc) is 2.75. The van der Waals surface area contributed by atoms with Crippen LogP contribution in [0.3, 0.4) is 0 Å². The molecule has 0 saturated heterocycles. The Balaban J connectivity index is 2.09. The molecule has 0 radical (unpaired) electrons. The van der Waals surface area contributed by atoms with Crippen molar-refractivity contribution in [3.63, 3.8) is 0 Å². The van der Waals surface area contributed by atoms with E-state index in [1.54, 1.807) is 7.11 Å². The maximum Gasteiger partial charge on any atom is 0.161 e. The first-order valence-corrected chi connectivity index (χ1v) is 6.24. The van der Waals surface area contributed by atoms with Gasteiger partial charge in [0.05, 0.1) is 13.2 Å². The van der Waals surface area contributed by atoms with Crippen LogP contribution in [0, 0.1) is 0 Å². The van der Waals surface area contributed by atoms with Crippen LogP contribution in [0.2, 0.25) is 0 Å². The zero-order valence-electron chi connectivity index (χ0n) is 10.5. The van der Waals surface area contributed by atoms with Gasteiger partial charge in [0.1, 0.15) is 6.10 Å². The fourth-order valence-corrected chi connectivity index (χ4v) is 2.23. The highest BCUT2D eigenvalue weighted by Gasteiger charge is 2.25. The fourth-order valence-electron chi connectivity index (χ4n) is 2.23. The first-order valence-electron chi connectivity index (χ1n) is 6.24. The first kappa shape index (κ1) is 12.2. The van der Waals surface area contributed by atoms with Crippen molar-refractivity contribution in [1.29, 1.82) is 0 Å². The summed E-state index contributed by atoms with van der Waals surface area (Å²) in [5, 5.41) is 9.48. The molecule has 0 spiro atoms. The van der Waals surface area contributed by atoms with Gasteiger partial charge in [-0.25, -0.2) is 0 Å². The number of benzene rings is 1. The van der Waals surface area contributed by atoms with Crippen LogP contribution in [0.25, 0.3) is 0 Å². The van der Waals surface area contributed by atoms with E-state index in [2.05, 4.69) is 13.0 Å². The highest BCUT2D eigenvalue weighted by molar-refractivity contribution is 5.43. The molecule has 3 heteroatoms. The Kier molecular flexibility index (Phi) is 3.89. The fraction of sp³-hybridized carbons (Fsp3) is 0.571. The van der Waals surface area contributed by atoms with Gasteiger partial charge in [0.25, 0.3) is 0 Å². The molecule has 0 aromatic heterocycles. The molecular formula is C14H20O3. The third-order valence-corrected chi connectivity index (χ3v) is 3.29. The normalized spacial score (nSPS) is 23.7. The SMILES string of the molecule is CCc1ccc(OC2CCC(O)C2)c(OC)c1. The van der Waals surface area contributed by atoms with E-state index in [1.165, 1.54) is 5.56 Å². The minimum Gasteiger partial charge on any atom is -0.493 e. The molecule has 3 nitrogen and oxygen atoms in total. The smallest absolute Gasteiger partial charge is 0.161 e. The number of ether oxygens (including phenoxy) is 2. The van der Waals surface area contributed by atoms with Crippen molar-refractivity contribution in [2.75, 3.05) is 7.11 Å². The van der Waals surface area contributed by atoms with Gasteiger partial charge in [0.2, 0.25) is 0 Å². The summed E-state index contributed by atoms with van der Waals surface area (Å²) in [6.07, 6.45) is 3.37. The molecule has 1 N–H and O–H groups in total. The second-order valence-corrected chi connectivity index (χ2v) is 4.55. The van der Waals surface area contributed by atoms with Crippen molar-refractivity contribution in [1.82, 2.24) is 0 Å². The van der Waals surface area contributed by atoms with E-state index < -0.39 is 0 Å². The number of hydrogen-bond donors (Lipinski definition) is 1. The molecule has 2 rings (SSSR count). The van der Waals surface area contributed by atoms with E-state index in [0.29, 0.717) is 0 Å². The monoisotopic (exact) mass is 236 g/mol. The Labute approximate surface area is 102 Å². The second kappa shape index (κ2) is 5.41. The van der Waals surface area contributed by atoms with Gasteiger partial charge in [-0.2, -0.15) is 0 Å². The van der Waals surface area contributed by atoms with Gasteiger partial charge in [-0.3, -0.25) is 0 Å². The van der Waals surface area contributed by atoms with Gasteiger partial charge in [0, 0.05) is 6.42 Å². The maximum absolute atomic E-state index is 9.48. The molecule has 94 valence electrons. The van der Waals surface area contributed by atoms with Crippen LogP contribution < -0.4 is 9.47 Å². The Hall–Kier alpha value is -1.22. The predicted octanol–water partition coefficient (Wildman–Crippen LogP) is 2.55. The van der Waals surface area contributed by atoms with Crippen LogP contribution in [-0.2, 0) is 6.42 Å². The minimum absolute atomic E-state index is 0.117. The summed E-state index contributed by atoms with van der Waals surface area (Å²) < 4.78 is 11.2. The molecule has 1 saturated carbocycles. The molecule has 1 fully saturated rings. The highest BCUT2D eigenvalue weighted by atomic mass is 16.5. The quantitative estimate of drug-likeness (QED) is 0.873. The Morgan fingerprint density at radius 2 is 2.12 bits per heavy atom. The van der Waals surface area contributed by atoms with E-state index in [0.717, 1.165) is 37.2 Å². The van der Waals surface area contributed by atoms with E-state index in [4.69, 9.17) is 9.47 Å². The molecular weight excluding hydrogens is 216 g/mol. The lowest BCUT2D eigenvalue weighted by atomic mass is 10.1. The lowest BCUT2D eigenvalue weighted by Gasteiger charge is -2.16. The molecule has 1 aliphatic rings. The minimum atomic E-state index is -0.207. The van der Waals surface area contributed by atoms with Crippen LogP contribution in [0.1, 0.15) is 31.7 Å². The number of aliphatic hydroxyl groups excluding tert-OH is 1. The van der Waals surface area contributed by atoms with Crippen molar-refractivity contribution in [2.45, 2.75) is 44.8 Å². The second-order valence-electron chi connectivity index (χ2n) is 4.55. The van der Waals surface area contributed by atoms with E-state index >= 15 is 0 Å². The van der Waals surface area contributed by atoms with Crippen molar-refractivity contribution >= 4 is 0 Å². The largest absolute Gasteiger partial charge is 0.493 e. The topological polar surface area (TPSA) is 38.7 Å². The van der Waals surface area contributed by atoms with Gasteiger partial charge < -0.3 is 14.6 Å². The van der Waals surface area contributed by atoms with Crippen LogP contribution in [0.5, 0.6) is 11.5 Å². The summed E-state index contributed by atoms with van der Waals surface area (Å²) in [4.78, 5) is 0. The van der Waals surface area contributed by atoms with Crippen LogP contribution >= 0.6 is 0 Å². The zero-order chi connectivity index (χ0) is 12.3. The standard InChI is InChI=1S/C14H20O3/c1-3-10-4-7-13(14(8-10)16-2)17-12-6-5-11(15)9-12/h4,7-8,11-12,15H,3,5-6,9H2,1-2H3. The van der Waals surface area contributed by atoms with Crippen LogP contribution in [0.15, 0.2) is 18.2 Å². The summed E-state index contributed by atoms with van der Waals surface area (Å²) in [5.41, 5.74) is 1.24.